The highest BCUT2D eigenvalue weighted by molar-refractivity contribution is 9.10. The van der Waals surface area contributed by atoms with Crippen LogP contribution in [0.3, 0.4) is 0 Å². The van der Waals surface area contributed by atoms with Gasteiger partial charge in [0.25, 0.3) is 0 Å². The third-order valence-electron chi connectivity index (χ3n) is 3.79. The van der Waals surface area contributed by atoms with Crippen LogP contribution in [0.4, 0.5) is 18.9 Å². The Morgan fingerprint density at radius 1 is 1.15 bits per heavy atom. The molecule has 0 radical (unpaired) electrons. The van der Waals surface area contributed by atoms with Gasteiger partial charge >= 0.3 is 12.1 Å². The van der Waals surface area contributed by atoms with Crippen LogP contribution in [-0.2, 0) is 4.79 Å². The van der Waals surface area contributed by atoms with Crippen LogP contribution in [0.1, 0.15) is 23.6 Å². The molecule has 1 aliphatic rings. The van der Waals surface area contributed by atoms with E-state index in [0.717, 1.165) is 4.47 Å². The van der Waals surface area contributed by atoms with Crippen molar-refractivity contribution in [3.63, 3.8) is 0 Å². The molecule has 134 valence electrons. The van der Waals surface area contributed by atoms with E-state index < -0.39 is 12.1 Å². The summed E-state index contributed by atoms with van der Waals surface area (Å²) in [6, 6.07) is 11.8. The molecule has 1 heterocycles. The SMILES string of the molecule is CC1=Cc2ccc(Br)cc2C(c2ccc(N)cc2)=NN1C(=O)C(F)(F)F. The highest BCUT2D eigenvalue weighted by Crippen LogP contribution is 2.30. The third-order valence-corrected chi connectivity index (χ3v) is 4.28. The molecule has 0 fully saturated rings. The Balaban J connectivity index is 2.25. The molecule has 4 nitrogen and oxygen atoms in total. The number of halogens is 4. The van der Waals surface area contributed by atoms with Gasteiger partial charge in [-0.2, -0.15) is 23.3 Å². The zero-order valence-corrected chi connectivity index (χ0v) is 15.1. The number of carbonyl (C=O) groups excluding carboxylic acids is 1. The lowest BCUT2D eigenvalue weighted by molar-refractivity contribution is -0.183. The monoisotopic (exact) mass is 423 g/mol. The van der Waals surface area contributed by atoms with Crippen LogP contribution in [0, 0.1) is 0 Å². The standard InChI is InChI=1S/C18H13BrF3N3O/c1-10-8-12-2-5-13(19)9-15(12)16(11-3-6-14(23)7-4-11)24-25(10)17(26)18(20,21)22/h2-9H,23H2,1H3. The second kappa shape index (κ2) is 6.60. The van der Waals surface area contributed by atoms with Crippen molar-refractivity contribution in [1.29, 1.82) is 0 Å². The fraction of sp³-hybridized carbons (Fsp3) is 0.111. The van der Waals surface area contributed by atoms with E-state index >= 15 is 0 Å². The smallest absolute Gasteiger partial charge is 0.399 e. The molecule has 8 heteroatoms. The maximum absolute atomic E-state index is 13.0. The first-order valence-electron chi connectivity index (χ1n) is 7.51. The summed E-state index contributed by atoms with van der Waals surface area (Å²) < 4.78 is 39.7. The Bertz CT molecular complexity index is 934. The number of amides is 1. The number of nitrogens with two attached hydrogens (primary N) is 1. The predicted octanol–water partition coefficient (Wildman–Crippen LogP) is 4.55. The molecule has 26 heavy (non-hydrogen) atoms. The van der Waals surface area contributed by atoms with E-state index in [9.17, 15) is 18.0 Å². The van der Waals surface area contributed by atoms with Crippen LogP contribution in [0.25, 0.3) is 6.08 Å². The Kier molecular flexibility index (Phi) is 4.62. The third kappa shape index (κ3) is 3.50. The summed E-state index contributed by atoms with van der Waals surface area (Å²) in [6.07, 6.45) is -3.54. The molecule has 2 aromatic carbocycles. The van der Waals surface area contributed by atoms with Crippen molar-refractivity contribution in [3.8, 4) is 0 Å². The molecule has 0 atom stereocenters. The molecule has 0 saturated carbocycles. The number of alkyl halides is 3. The van der Waals surface area contributed by atoms with Crippen molar-refractivity contribution in [2.24, 2.45) is 5.10 Å². The fourth-order valence-electron chi connectivity index (χ4n) is 2.56. The van der Waals surface area contributed by atoms with Crippen LogP contribution < -0.4 is 5.73 Å². The number of hydrogen-bond acceptors (Lipinski definition) is 3. The number of nitrogen functional groups attached to an aromatic ring is 1. The van der Waals surface area contributed by atoms with Crippen LogP contribution >= 0.6 is 15.9 Å². The van der Waals surface area contributed by atoms with Gasteiger partial charge < -0.3 is 5.73 Å². The molecular weight excluding hydrogens is 411 g/mol. The molecule has 0 aliphatic carbocycles. The predicted molar refractivity (Wildman–Crippen MR) is 97.2 cm³/mol. The Hall–Kier alpha value is -2.61. The summed E-state index contributed by atoms with van der Waals surface area (Å²) >= 11 is 3.36. The number of rotatable bonds is 1. The summed E-state index contributed by atoms with van der Waals surface area (Å²) in [6.45, 7) is 1.41. The molecule has 2 aromatic rings. The average Bonchev–Trinajstić information content (AvgIpc) is 2.70. The number of hydrazone groups is 1. The van der Waals surface area contributed by atoms with E-state index in [-0.39, 0.29) is 11.4 Å². The number of nitrogens with zero attached hydrogens (tertiary/aromatic N) is 2. The van der Waals surface area contributed by atoms with Crippen molar-refractivity contribution in [2.75, 3.05) is 5.73 Å². The minimum atomic E-state index is -5.04. The van der Waals surface area contributed by atoms with Crippen molar-refractivity contribution >= 4 is 39.3 Å². The molecule has 0 bridgehead atoms. The van der Waals surface area contributed by atoms with Crippen LogP contribution in [0.2, 0.25) is 0 Å². The highest BCUT2D eigenvalue weighted by Gasteiger charge is 2.44. The zero-order valence-electron chi connectivity index (χ0n) is 13.5. The van der Waals surface area contributed by atoms with Gasteiger partial charge in [0.05, 0.1) is 5.71 Å². The average molecular weight is 424 g/mol. The van der Waals surface area contributed by atoms with E-state index in [4.69, 9.17) is 5.73 Å². The van der Waals surface area contributed by atoms with Gasteiger partial charge in [0.1, 0.15) is 0 Å². The maximum atomic E-state index is 13.0. The van der Waals surface area contributed by atoms with Gasteiger partial charge in [0, 0.05) is 27.0 Å². The highest BCUT2D eigenvalue weighted by atomic mass is 79.9. The molecule has 2 N–H and O–H groups in total. The maximum Gasteiger partial charge on any atom is 0.473 e. The van der Waals surface area contributed by atoms with Gasteiger partial charge in [-0.05, 0) is 42.8 Å². The van der Waals surface area contributed by atoms with E-state index in [2.05, 4.69) is 21.0 Å². The van der Waals surface area contributed by atoms with Gasteiger partial charge in [0.15, 0.2) is 0 Å². The molecule has 0 aromatic heterocycles. The second-order valence-corrected chi connectivity index (χ2v) is 6.62. The minimum absolute atomic E-state index is 0.0707. The molecule has 0 unspecified atom stereocenters. The number of fused-ring (bicyclic) bond motifs is 1. The number of anilines is 1. The number of benzene rings is 2. The molecule has 0 saturated heterocycles. The van der Waals surface area contributed by atoms with Gasteiger partial charge in [-0.25, -0.2) is 0 Å². The lowest BCUT2D eigenvalue weighted by atomic mass is 9.97. The van der Waals surface area contributed by atoms with E-state index in [1.807, 2.05) is 0 Å². The Labute approximate surface area is 155 Å². The largest absolute Gasteiger partial charge is 0.473 e. The first-order valence-corrected chi connectivity index (χ1v) is 8.30. The molecule has 1 amide bonds. The van der Waals surface area contributed by atoms with E-state index in [0.29, 0.717) is 27.4 Å². The first kappa shape index (κ1) is 18.2. The lowest BCUT2D eigenvalue weighted by Crippen LogP contribution is -2.37. The fourth-order valence-corrected chi connectivity index (χ4v) is 2.92. The van der Waals surface area contributed by atoms with Crippen LogP contribution in [0.15, 0.2) is 57.7 Å². The van der Waals surface area contributed by atoms with Crippen molar-refractivity contribution in [2.45, 2.75) is 13.1 Å². The number of allylic oxidation sites excluding steroid dienone is 1. The van der Waals surface area contributed by atoms with E-state index in [1.165, 1.54) is 13.0 Å². The second-order valence-electron chi connectivity index (χ2n) is 5.70. The molecule has 0 spiro atoms. The quantitative estimate of drug-likeness (QED) is 0.683. The Morgan fingerprint density at radius 2 is 1.81 bits per heavy atom. The van der Waals surface area contributed by atoms with Crippen molar-refractivity contribution in [3.05, 3.63) is 69.3 Å². The molecule has 1 aliphatic heterocycles. The molecule has 3 rings (SSSR count). The Morgan fingerprint density at radius 3 is 2.42 bits per heavy atom. The molecular formula is C18H13BrF3N3O. The van der Waals surface area contributed by atoms with Crippen LogP contribution in [-0.4, -0.2) is 22.8 Å². The normalized spacial score (nSPS) is 14.3. The van der Waals surface area contributed by atoms with Gasteiger partial charge in [-0.15, -0.1) is 0 Å². The van der Waals surface area contributed by atoms with E-state index in [1.54, 1.807) is 42.5 Å². The van der Waals surface area contributed by atoms with Crippen LogP contribution in [0.5, 0.6) is 0 Å². The summed E-state index contributed by atoms with van der Waals surface area (Å²) in [5, 5.41) is 4.44. The van der Waals surface area contributed by atoms with Gasteiger partial charge in [0.2, 0.25) is 0 Å². The summed E-state index contributed by atoms with van der Waals surface area (Å²) in [4.78, 5) is 11.9. The first-order chi connectivity index (χ1) is 12.2. The summed E-state index contributed by atoms with van der Waals surface area (Å²) in [5.41, 5.74) is 8.30. The zero-order chi connectivity index (χ0) is 19.1. The summed E-state index contributed by atoms with van der Waals surface area (Å²) in [7, 11) is 0. The lowest BCUT2D eigenvalue weighted by Gasteiger charge is -2.19. The minimum Gasteiger partial charge on any atom is -0.399 e. The number of hydrogen-bond donors (Lipinski definition) is 1. The summed E-state index contributed by atoms with van der Waals surface area (Å²) in [5.74, 6) is -2.05. The van der Waals surface area contributed by atoms with Gasteiger partial charge in [-0.1, -0.05) is 34.1 Å². The van der Waals surface area contributed by atoms with Crippen molar-refractivity contribution in [1.82, 2.24) is 5.01 Å². The van der Waals surface area contributed by atoms with Gasteiger partial charge in [-0.3, -0.25) is 4.79 Å². The van der Waals surface area contributed by atoms with Crippen molar-refractivity contribution < 1.29 is 18.0 Å². The topological polar surface area (TPSA) is 58.7 Å². The number of carbonyl (C=O) groups is 1.